The second kappa shape index (κ2) is 2.57. The molecule has 0 radical (unpaired) electrons. The predicted octanol–water partition coefficient (Wildman–Crippen LogP) is 1.94. The van der Waals surface area contributed by atoms with E-state index >= 15 is 0 Å². The molecule has 0 spiro atoms. The zero-order chi connectivity index (χ0) is 9.54. The van der Waals surface area contributed by atoms with Crippen molar-refractivity contribution in [3.05, 3.63) is 36.2 Å². The summed E-state index contributed by atoms with van der Waals surface area (Å²) < 4.78 is 2.03. The number of nitrogens with zero attached hydrogens (tertiary/aromatic N) is 3. The topological polar surface area (TPSA) is 42.7 Å². The molecule has 1 aromatic carbocycles. The normalized spacial score (nSPS) is 18.2. The van der Waals surface area contributed by atoms with Gasteiger partial charge in [0.25, 0.3) is 0 Å². The molecule has 0 amide bonds. The average molecular weight is 186 g/mol. The van der Waals surface area contributed by atoms with Crippen LogP contribution in [0, 0.1) is 0 Å². The molecule has 70 valence electrons. The van der Waals surface area contributed by atoms with Gasteiger partial charge in [-0.1, -0.05) is 18.2 Å². The van der Waals surface area contributed by atoms with Gasteiger partial charge in [-0.3, -0.25) is 4.57 Å². The van der Waals surface area contributed by atoms with Crippen LogP contribution in [-0.4, -0.2) is 14.8 Å². The van der Waals surface area contributed by atoms with Crippen LogP contribution in [0.2, 0.25) is 0 Å². The van der Waals surface area contributed by atoms with Gasteiger partial charge in [0.15, 0.2) is 0 Å². The Bertz CT molecular complexity index is 474. The number of aromatic nitrogens is 3. The highest BCUT2D eigenvalue weighted by atomic mass is 15.4. The maximum Gasteiger partial charge on any atom is 0.229 e. The summed E-state index contributed by atoms with van der Waals surface area (Å²) in [4.78, 5) is 0. The molecule has 2 heterocycles. The molecule has 0 saturated carbocycles. The van der Waals surface area contributed by atoms with E-state index in [1.807, 2.05) is 16.7 Å². The summed E-state index contributed by atoms with van der Waals surface area (Å²) in [6.45, 7) is 2.15. The Morgan fingerprint density at radius 3 is 3.14 bits per heavy atom. The van der Waals surface area contributed by atoms with Crippen molar-refractivity contribution in [1.82, 2.24) is 14.8 Å². The Balaban J connectivity index is 2.20. The van der Waals surface area contributed by atoms with Gasteiger partial charge in [-0.25, -0.2) is 0 Å². The van der Waals surface area contributed by atoms with E-state index in [1.165, 1.54) is 5.56 Å². The number of nitrogens with one attached hydrogen (secondary N) is 1. The van der Waals surface area contributed by atoms with E-state index < -0.39 is 0 Å². The molecule has 1 N–H and O–H groups in total. The summed E-state index contributed by atoms with van der Waals surface area (Å²) in [6, 6.07) is 8.55. The molecule has 3 rings (SSSR count). The summed E-state index contributed by atoms with van der Waals surface area (Å²) in [5, 5.41) is 11.1. The lowest BCUT2D eigenvalue weighted by atomic mass is 10.0. The van der Waals surface area contributed by atoms with Crippen molar-refractivity contribution >= 4 is 11.6 Å². The van der Waals surface area contributed by atoms with E-state index in [0.717, 1.165) is 11.6 Å². The van der Waals surface area contributed by atoms with Crippen LogP contribution in [0.25, 0.3) is 0 Å². The highest BCUT2D eigenvalue weighted by molar-refractivity contribution is 5.62. The second-order valence-electron chi connectivity index (χ2n) is 3.45. The van der Waals surface area contributed by atoms with E-state index in [9.17, 15) is 0 Å². The summed E-state index contributed by atoms with van der Waals surface area (Å²) in [5.41, 5.74) is 2.40. The third kappa shape index (κ3) is 0.878. The van der Waals surface area contributed by atoms with Gasteiger partial charge in [0, 0.05) is 5.69 Å². The summed E-state index contributed by atoms with van der Waals surface area (Å²) in [5.74, 6) is 0.816. The van der Waals surface area contributed by atoms with E-state index in [4.69, 9.17) is 0 Å². The van der Waals surface area contributed by atoms with Crippen molar-refractivity contribution in [2.45, 2.75) is 13.0 Å². The van der Waals surface area contributed by atoms with Gasteiger partial charge in [-0.15, -0.1) is 10.2 Å². The first-order chi connectivity index (χ1) is 6.86. The lowest BCUT2D eigenvalue weighted by Crippen LogP contribution is -2.16. The SMILES string of the molecule is CC1c2ccccc2Nc2nncn21. The number of fused-ring (bicyclic) bond motifs is 2. The van der Waals surface area contributed by atoms with E-state index in [-0.39, 0.29) is 0 Å². The number of hydrogen-bond donors (Lipinski definition) is 1. The first kappa shape index (κ1) is 7.55. The Morgan fingerprint density at radius 2 is 2.21 bits per heavy atom. The van der Waals surface area contributed by atoms with Crippen molar-refractivity contribution < 1.29 is 0 Å². The lowest BCUT2D eigenvalue weighted by molar-refractivity contribution is 0.634. The van der Waals surface area contributed by atoms with E-state index in [1.54, 1.807) is 6.33 Å². The van der Waals surface area contributed by atoms with Crippen LogP contribution in [0.1, 0.15) is 18.5 Å². The van der Waals surface area contributed by atoms with Crippen LogP contribution in [0.5, 0.6) is 0 Å². The molecule has 4 nitrogen and oxygen atoms in total. The Kier molecular flexibility index (Phi) is 1.39. The molecule has 14 heavy (non-hydrogen) atoms. The number of benzene rings is 1. The van der Waals surface area contributed by atoms with Crippen molar-refractivity contribution in [2.75, 3.05) is 5.32 Å². The number of para-hydroxylation sites is 1. The Hall–Kier alpha value is -1.84. The lowest BCUT2D eigenvalue weighted by Gasteiger charge is -2.24. The van der Waals surface area contributed by atoms with Crippen molar-refractivity contribution in [1.29, 1.82) is 0 Å². The minimum atomic E-state index is 0.303. The van der Waals surface area contributed by atoms with E-state index in [2.05, 4.69) is 34.6 Å². The zero-order valence-corrected chi connectivity index (χ0v) is 7.81. The molecule has 1 unspecified atom stereocenters. The molecule has 4 heteroatoms. The molecular formula is C10H10N4. The first-order valence-electron chi connectivity index (χ1n) is 4.62. The number of anilines is 2. The van der Waals surface area contributed by atoms with Gasteiger partial charge in [0.05, 0.1) is 6.04 Å². The third-order valence-corrected chi connectivity index (χ3v) is 2.65. The van der Waals surface area contributed by atoms with Crippen LogP contribution in [0.15, 0.2) is 30.6 Å². The quantitative estimate of drug-likeness (QED) is 0.683. The second-order valence-corrected chi connectivity index (χ2v) is 3.45. The molecule has 0 bridgehead atoms. The van der Waals surface area contributed by atoms with Crippen molar-refractivity contribution in [3.8, 4) is 0 Å². The highest BCUT2D eigenvalue weighted by Crippen LogP contribution is 2.33. The molecular weight excluding hydrogens is 176 g/mol. The standard InChI is InChI=1S/C10H10N4/c1-7-8-4-2-3-5-9(8)12-10-13-11-6-14(7)10/h2-7H,1H3,(H,12,13). The number of hydrogen-bond acceptors (Lipinski definition) is 3. The van der Waals surface area contributed by atoms with Crippen LogP contribution in [-0.2, 0) is 0 Å². The molecule has 1 atom stereocenters. The summed E-state index contributed by atoms with van der Waals surface area (Å²) in [6.07, 6.45) is 1.75. The van der Waals surface area contributed by atoms with Gasteiger partial charge in [0.2, 0.25) is 5.95 Å². The molecule has 0 aliphatic carbocycles. The first-order valence-corrected chi connectivity index (χ1v) is 4.62. The Morgan fingerprint density at radius 1 is 1.36 bits per heavy atom. The highest BCUT2D eigenvalue weighted by Gasteiger charge is 2.21. The maximum absolute atomic E-state index is 4.01. The van der Waals surface area contributed by atoms with Crippen molar-refractivity contribution in [2.24, 2.45) is 0 Å². The fourth-order valence-electron chi connectivity index (χ4n) is 1.86. The van der Waals surface area contributed by atoms with Gasteiger partial charge in [-0.2, -0.15) is 0 Å². The Labute approximate surface area is 81.6 Å². The third-order valence-electron chi connectivity index (χ3n) is 2.65. The van der Waals surface area contributed by atoms with Crippen LogP contribution < -0.4 is 5.32 Å². The molecule has 0 fully saturated rings. The molecule has 1 aliphatic rings. The fraction of sp³-hybridized carbons (Fsp3) is 0.200. The van der Waals surface area contributed by atoms with Crippen molar-refractivity contribution in [3.63, 3.8) is 0 Å². The minimum Gasteiger partial charge on any atom is -0.324 e. The van der Waals surface area contributed by atoms with Gasteiger partial charge in [-0.05, 0) is 18.6 Å². The average Bonchev–Trinajstić information content (AvgIpc) is 2.66. The maximum atomic E-state index is 4.01. The summed E-state index contributed by atoms with van der Waals surface area (Å²) >= 11 is 0. The molecule has 1 aliphatic heterocycles. The van der Waals surface area contributed by atoms with Gasteiger partial charge in [0.1, 0.15) is 6.33 Å². The smallest absolute Gasteiger partial charge is 0.229 e. The largest absolute Gasteiger partial charge is 0.324 e. The number of rotatable bonds is 0. The molecule has 0 saturated heterocycles. The molecule has 2 aromatic rings. The monoisotopic (exact) mass is 186 g/mol. The summed E-state index contributed by atoms with van der Waals surface area (Å²) in [7, 11) is 0. The predicted molar refractivity (Wildman–Crippen MR) is 53.6 cm³/mol. The van der Waals surface area contributed by atoms with Gasteiger partial charge >= 0.3 is 0 Å². The van der Waals surface area contributed by atoms with Crippen LogP contribution in [0.3, 0.4) is 0 Å². The fourth-order valence-corrected chi connectivity index (χ4v) is 1.86. The van der Waals surface area contributed by atoms with Crippen LogP contribution in [0.4, 0.5) is 11.6 Å². The van der Waals surface area contributed by atoms with Gasteiger partial charge < -0.3 is 5.32 Å². The zero-order valence-electron chi connectivity index (χ0n) is 7.81. The van der Waals surface area contributed by atoms with Crippen LogP contribution >= 0.6 is 0 Å². The minimum absolute atomic E-state index is 0.303. The molecule has 1 aromatic heterocycles. The van der Waals surface area contributed by atoms with E-state index in [0.29, 0.717) is 6.04 Å².